The van der Waals surface area contributed by atoms with E-state index in [1.807, 2.05) is 32.3 Å². The highest BCUT2D eigenvalue weighted by molar-refractivity contribution is 6.32. The van der Waals surface area contributed by atoms with Crippen LogP contribution in [0.15, 0.2) is 30.6 Å². The molecule has 1 saturated heterocycles. The second-order valence-corrected chi connectivity index (χ2v) is 9.24. The van der Waals surface area contributed by atoms with Crippen LogP contribution in [0.2, 0.25) is 5.02 Å². The van der Waals surface area contributed by atoms with E-state index >= 15 is 0 Å². The number of halogens is 1. The molecule has 2 unspecified atom stereocenters. The largest absolute Gasteiger partial charge is 0.421 e. The van der Waals surface area contributed by atoms with Crippen LogP contribution in [-0.4, -0.2) is 63.3 Å². The van der Waals surface area contributed by atoms with Crippen molar-refractivity contribution in [2.75, 3.05) is 32.1 Å². The van der Waals surface area contributed by atoms with Crippen molar-refractivity contribution in [1.29, 1.82) is 0 Å². The monoisotopic (exact) mass is 498 g/mol. The number of hydrogen-bond acceptors (Lipinski definition) is 9. The Bertz CT molecular complexity index is 1290. The molecule has 1 aliphatic rings. The number of nitrogens with zero attached hydrogens (tertiary/aromatic N) is 5. The number of aromatic amines is 1. The van der Waals surface area contributed by atoms with Crippen LogP contribution >= 0.6 is 11.6 Å². The quantitative estimate of drug-likeness (QED) is 0.333. The van der Waals surface area contributed by atoms with Crippen LogP contribution in [0, 0.1) is 5.92 Å². The van der Waals surface area contributed by atoms with Crippen LogP contribution < -0.4 is 20.7 Å². The Morgan fingerprint density at radius 3 is 2.63 bits per heavy atom. The second-order valence-electron chi connectivity index (χ2n) is 8.80. The maximum atomic E-state index is 9.61. The number of aliphatic hydroxyl groups is 1. The third kappa shape index (κ3) is 5.46. The van der Waals surface area contributed by atoms with Gasteiger partial charge in [0.1, 0.15) is 17.6 Å². The molecule has 3 atom stereocenters. The minimum atomic E-state index is -0.756. The van der Waals surface area contributed by atoms with Crippen molar-refractivity contribution in [2.45, 2.75) is 32.4 Å². The van der Waals surface area contributed by atoms with Crippen molar-refractivity contribution in [2.24, 2.45) is 11.7 Å². The number of benzene rings is 1. The lowest BCUT2D eigenvalue weighted by molar-refractivity contribution is 0.188. The average Bonchev–Trinajstić information content (AvgIpc) is 3.19. The second kappa shape index (κ2) is 10.7. The summed E-state index contributed by atoms with van der Waals surface area (Å²) in [7, 11) is 3.75. The number of rotatable bonds is 4. The van der Waals surface area contributed by atoms with E-state index in [0.717, 1.165) is 41.6 Å². The zero-order valence-electron chi connectivity index (χ0n) is 20.3. The summed E-state index contributed by atoms with van der Waals surface area (Å²) in [5.74, 6) is 1.81. The van der Waals surface area contributed by atoms with Gasteiger partial charge in [0.25, 0.3) is 0 Å². The third-order valence-electron chi connectivity index (χ3n) is 5.88. The first-order chi connectivity index (χ1) is 16.8. The van der Waals surface area contributed by atoms with Crippen molar-refractivity contribution >= 4 is 39.4 Å². The molecular weight excluding hydrogens is 468 g/mol. The fourth-order valence-electron chi connectivity index (χ4n) is 4.06. The number of piperidine rings is 1. The van der Waals surface area contributed by atoms with Crippen molar-refractivity contribution < 1.29 is 9.84 Å². The van der Waals surface area contributed by atoms with Gasteiger partial charge in [-0.1, -0.05) is 18.5 Å². The minimum absolute atomic E-state index is 0.168. The maximum absolute atomic E-state index is 9.61. The molecule has 186 valence electrons. The number of aliphatic hydroxyl groups excluding tert-OH is 1. The van der Waals surface area contributed by atoms with Gasteiger partial charge in [-0.3, -0.25) is 0 Å². The molecule has 1 fully saturated rings. The average molecular weight is 499 g/mol. The topological polar surface area (TPSA) is 138 Å². The lowest BCUT2D eigenvalue weighted by Gasteiger charge is -2.36. The zero-order valence-corrected chi connectivity index (χ0v) is 21.0. The summed E-state index contributed by atoms with van der Waals surface area (Å²) in [6, 6.07) is 6.04. The van der Waals surface area contributed by atoms with Crippen LogP contribution in [0.5, 0.6) is 11.8 Å². The summed E-state index contributed by atoms with van der Waals surface area (Å²) in [5.41, 5.74) is 7.83. The number of nitrogens with one attached hydrogen (secondary N) is 2. The Balaban J connectivity index is 0.000000917. The highest BCUT2D eigenvalue weighted by Crippen LogP contribution is 2.36. The van der Waals surface area contributed by atoms with Gasteiger partial charge in [-0.25, -0.2) is 9.97 Å². The number of hydrogen-bond donors (Lipinski definition) is 4. The molecule has 0 saturated carbocycles. The normalized spacial score (nSPS) is 18.9. The van der Waals surface area contributed by atoms with Gasteiger partial charge >= 0.3 is 6.01 Å². The molecule has 3 aromatic heterocycles. The van der Waals surface area contributed by atoms with E-state index in [2.05, 4.69) is 37.1 Å². The Labute approximate surface area is 208 Å². The van der Waals surface area contributed by atoms with E-state index in [9.17, 15) is 5.11 Å². The standard InChI is InChI=1S/C22H24ClN7O2.C2H7N/c1-11-10-30(6-5-16(11)24)21-18-15-7-13(23)3-4-17(15)27-20(18)28-22(29-21)32-14-8-25-19(12(2)31)26-9-14;1-3-2/h3-4,7-9,11-12,16,31H,5-6,10,24H2,1-2H3,(H,27,28,29);3H,1-2H3/t11-,12?,16?;/m1./s1. The number of nitrogens with two attached hydrogens (primary N) is 1. The van der Waals surface area contributed by atoms with Crippen molar-refractivity contribution in [3.05, 3.63) is 41.4 Å². The first kappa shape index (κ1) is 25.1. The summed E-state index contributed by atoms with van der Waals surface area (Å²) < 4.78 is 5.89. The molecule has 4 heterocycles. The Morgan fingerprint density at radius 2 is 1.97 bits per heavy atom. The Hall–Kier alpha value is -3.05. The smallest absolute Gasteiger partial charge is 0.326 e. The molecule has 35 heavy (non-hydrogen) atoms. The number of H-pyrrole nitrogens is 1. The van der Waals surface area contributed by atoms with Crippen LogP contribution in [0.1, 0.15) is 32.2 Å². The highest BCUT2D eigenvalue weighted by atomic mass is 35.5. The molecule has 1 aromatic carbocycles. The van der Waals surface area contributed by atoms with Crippen LogP contribution in [0.4, 0.5) is 5.82 Å². The van der Waals surface area contributed by atoms with Crippen molar-refractivity contribution in [3.8, 4) is 11.8 Å². The molecule has 0 radical (unpaired) electrons. The van der Waals surface area contributed by atoms with Crippen LogP contribution in [0.3, 0.4) is 0 Å². The molecule has 5 rings (SSSR count). The summed E-state index contributed by atoms with van der Waals surface area (Å²) in [5, 5.41) is 14.9. The van der Waals surface area contributed by atoms with Crippen LogP contribution in [-0.2, 0) is 0 Å². The van der Waals surface area contributed by atoms with Crippen LogP contribution in [0.25, 0.3) is 21.9 Å². The summed E-state index contributed by atoms with van der Waals surface area (Å²) in [6.07, 6.45) is 3.11. The van der Waals surface area contributed by atoms with Gasteiger partial charge in [0.2, 0.25) is 0 Å². The van der Waals surface area contributed by atoms with Crippen molar-refractivity contribution in [1.82, 2.24) is 30.2 Å². The number of fused-ring (bicyclic) bond motifs is 3. The zero-order chi connectivity index (χ0) is 25.1. The fraction of sp³-hybridized carbons (Fsp3) is 0.417. The molecule has 0 aliphatic carbocycles. The molecule has 0 spiro atoms. The Kier molecular flexibility index (Phi) is 7.66. The van der Waals surface area contributed by atoms with Crippen molar-refractivity contribution in [3.63, 3.8) is 0 Å². The molecule has 10 nitrogen and oxygen atoms in total. The lowest BCUT2D eigenvalue weighted by Crippen LogP contribution is -2.46. The molecule has 11 heteroatoms. The van der Waals surface area contributed by atoms with Gasteiger partial charge in [0.15, 0.2) is 11.6 Å². The van der Waals surface area contributed by atoms with Gasteiger partial charge in [0.05, 0.1) is 17.8 Å². The molecular formula is C24H31ClN8O2. The third-order valence-corrected chi connectivity index (χ3v) is 6.11. The first-order valence-electron chi connectivity index (χ1n) is 11.6. The van der Waals surface area contributed by atoms with Gasteiger partial charge in [-0.2, -0.15) is 9.97 Å². The SMILES string of the molecule is CC(O)c1ncc(Oc2nc(N3CCC(N)[C@H](C)C3)c3c(n2)[nH]c2ccc(Cl)cc23)cn1.CNC. The highest BCUT2D eigenvalue weighted by Gasteiger charge is 2.27. The number of anilines is 1. The van der Waals surface area contributed by atoms with Gasteiger partial charge in [-0.15, -0.1) is 0 Å². The van der Waals surface area contributed by atoms with Gasteiger partial charge in [-0.05, 0) is 51.6 Å². The number of aromatic nitrogens is 5. The Morgan fingerprint density at radius 1 is 1.26 bits per heavy atom. The maximum Gasteiger partial charge on any atom is 0.326 e. The van der Waals surface area contributed by atoms with E-state index in [-0.39, 0.29) is 12.1 Å². The molecule has 0 amide bonds. The molecule has 4 aromatic rings. The first-order valence-corrected chi connectivity index (χ1v) is 11.9. The lowest BCUT2D eigenvalue weighted by atomic mass is 9.94. The van der Waals surface area contributed by atoms with E-state index in [1.54, 1.807) is 6.92 Å². The summed E-state index contributed by atoms with van der Waals surface area (Å²) >= 11 is 6.29. The molecule has 1 aliphatic heterocycles. The van der Waals surface area contributed by atoms with E-state index in [1.165, 1.54) is 12.4 Å². The summed E-state index contributed by atoms with van der Waals surface area (Å²) in [4.78, 5) is 23.2. The molecule has 5 N–H and O–H groups in total. The summed E-state index contributed by atoms with van der Waals surface area (Å²) in [6.45, 7) is 5.33. The van der Waals surface area contributed by atoms with Gasteiger partial charge in [0, 0.05) is 35.1 Å². The fourth-order valence-corrected chi connectivity index (χ4v) is 4.23. The van der Waals surface area contributed by atoms with E-state index < -0.39 is 6.10 Å². The van der Waals surface area contributed by atoms with Gasteiger partial charge < -0.3 is 30.8 Å². The predicted octanol–water partition coefficient (Wildman–Crippen LogP) is 3.41. The van der Waals surface area contributed by atoms with E-state index in [0.29, 0.717) is 28.2 Å². The predicted molar refractivity (Wildman–Crippen MR) is 138 cm³/mol. The number of ether oxygens (including phenoxy) is 1. The minimum Gasteiger partial charge on any atom is -0.421 e. The van der Waals surface area contributed by atoms with E-state index in [4.69, 9.17) is 27.1 Å². The molecule has 0 bridgehead atoms.